The van der Waals surface area contributed by atoms with Gasteiger partial charge in [0.1, 0.15) is 6.61 Å². The molecule has 0 spiro atoms. The van der Waals surface area contributed by atoms with Crippen LogP contribution in [0.2, 0.25) is 0 Å². The van der Waals surface area contributed by atoms with E-state index >= 15 is 0 Å². The minimum Gasteiger partial charge on any atom is -0.493 e. The molecule has 6 nitrogen and oxygen atoms in total. The Kier molecular flexibility index (Phi) is 4.94. The van der Waals surface area contributed by atoms with Crippen LogP contribution < -0.4 is 9.47 Å². The maximum Gasteiger partial charge on any atom is 0.254 e. The molecule has 3 aromatic carbocycles. The summed E-state index contributed by atoms with van der Waals surface area (Å²) in [5, 5.41) is 7.63. The van der Waals surface area contributed by atoms with Crippen LogP contribution in [-0.4, -0.2) is 30.1 Å². The Balaban J connectivity index is 1.18. The number of amides is 2. The van der Waals surface area contributed by atoms with Gasteiger partial charge in [-0.25, -0.2) is 0 Å². The SMILES string of the molecule is COc1cc(C=NN2C(=O)C3C4C=CC(C4)C3C2=O)ccc1OCc1cccc2ccccc12. The molecule has 1 heterocycles. The zero-order valence-electron chi connectivity index (χ0n) is 18.8. The molecule has 1 aliphatic heterocycles. The van der Waals surface area contributed by atoms with Crippen molar-refractivity contribution in [1.82, 2.24) is 5.01 Å². The number of allylic oxidation sites excluding steroid dienone is 2. The summed E-state index contributed by atoms with van der Waals surface area (Å²) in [6, 6.07) is 19.8. The summed E-state index contributed by atoms with van der Waals surface area (Å²) in [4.78, 5) is 25.6. The molecule has 2 aliphatic carbocycles. The Morgan fingerprint density at radius 2 is 1.68 bits per heavy atom. The van der Waals surface area contributed by atoms with E-state index in [0.717, 1.165) is 22.4 Å². The smallest absolute Gasteiger partial charge is 0.254 e. The normalized spacial score (nSPS) is 25.0. The van der Waals surface area contributed by atoms with E-state index in [9.17, 15) is 9.59 Å². The van der Waals surface area contributed by atoms with Crippen molar-refractivity contribution >= 4 is 28.8 Å². The molecule has 1 saturated heterocycles. The van der Waals surface area contributed by atoms with Crippen LogP contribution in [0.15, 0.2) is 77.9 Å². The van der Waals surface area contributed by atoms with E-state index in [4.69, 9.17) is 9.47 Å². The first-order valence-corrected chi connectivity index (χ1v) is 11.5. The number of nitrogens with zero attached hydrogens (tertiary/aromatic N) is 2. The maximum absolute atomic E-state index is 12.8. The molecule has 34 heavy (non-hydrogen) atoms. The van der Waals surface area contributed by atoms with Gasteiger partial charge in [-0.05, 0) is 58.4 Å². The van der Waals surface area contributed by atoms with E-state index < -0.39 is 0 Å². The first-order valence-electron chi connectivity index (χ1n) is 11.5. The molecule has 2 amide bonds. The molecule has 0 N–H and O–H groups in total. The van der Waals surface area contributed by atoms with Gasteiger partial charge >= 0.3 is 0 Å². The van der Waals surface area contributed by atoms with Crippen LogP contribution in [0.5, 0.6) is 11.5 Å². The third-order valence-electron chi connectivity index (χ3n) is 7.22. The molecule has 3 aromatic rings. The van der Waals surface area contributed by atoms with Crippen LogP contribution in [0.3, 0.4) is 0 Å². The van der Waals surface area contributed by atoms with Gasteiger partial charge in [0, 0.05) is 0 Å². The zero-order chi connectivity index (χ0) is 23.2. The fraction of sp³-hybridized carbons (Fsp3) is 0.250. The van der Waals surface area contributed by atoms with E-state index in [1.807, 2.05) is 30.3 Å². The summed E-state index contributed by atoms with van der Waals surface area (Å²) in [5.74, 6) is 0.628. The molecule has 0 aromatic heterocycles. The third-order valence-corrected chi connectivity index (χ3v) is 7.22. The predicted octanol–water partition coefficient (Wildman–Crippen LogP) is 4.57. The topological polar surface area (TPSA) is 68.2 Å². The average molecular weight is 453 g/mol. The molecule has 0 radical (unpaired) electrons. The number of rotatable bonds is 6. The predicted molar refractivity (Wildman–Crippen MR) is 128 cm³/mol. The summed E-state index contributed by atoms with van der Waals surface area (Å²) in [6.07, 6.45) is 6.59. The van der Waals surface area contributed by atoms with E-state index in [-0.39, 0.29) is 35.5 Å². The number of fused-ring (bicyclic) bond motifs is 6. The minimum atomic E-state index is -0.251. The number of imide groups is 1. The monoisotopic (exact) mass is 452 g/mol. The highest BCUT2D eigenvalue weighted by Gasteiger charge is 2.59. The van der Waals surface area contributed by atoms with Crippen molar-refractivity contribution in [2.45, 2.75) is 13.0 Å². The number of hydrogen-bond acceptors (Lipinski definition) is 5. The second-order valence-electron chi connectivity index (χ2n) is 9.07. The van der Waals surface area contributed by atoms with E-state index in [2.05, 4.69) is 41.5 Å². The van der Waals surface area contributed by atoms with Gasteiger partial charge in [0.2, 0.25) is 0 Å². The maximum atomic E-state index is 12.8. The highest BCUT2D eigenvalue weighted by molar-refractivity contribution is 6.06. The van der Waals surface area contributed by atoms with Crippen molar-refractivity contribution in [2.24, 2.45) is 28.8 Å². The molecule has 2 fully saturated rings. The average Bonchev–Trinajstić information content (AvgIpc) is 3.55. The second-order valence-corrected chi connectivity index (χ2v) is 9.07. The Morgan fingerprint density at radius 3 is 2.44 bits per heavy atom. The van der Waals surface area contributed by atoms with E-state index in [0.29, 0.717) is 23.7 Å². The third kappa shape index (κ3) is 3.29. The molecule has 3 aliphatic rings. The van der Waals surface area contributed by atoms with Crippen LogP contribution in [0.4, 0.5) is 0 Å². The summed E-state index contributed by atoms with van der Waals surface area (Å²) >= 11 is 0. The number of methoxy groups -OCH3 is 1. The van der Waals surface area contributed by atoms with Crippen molar-refractivity contribution in [3.8, 4) is 11.5 Å². The Bertz CT molecular complexity index is 1330. The Labute approximate surface area is 197 Å². The second kappa shape index (κ2) is 8.13. The van der Waals surface area contributed by atoms with Crippen LogP contribution in [0.25, 0.3) is 10.8 Å². The number of hydrazone groups is 1. The minimum absolute atomic E-state index is 0.171. The lowest BCUT2D eigenvalue weighted by Gasteiger charge is -2.13. The molecular weight excluding hydrogens is 428 g/mol. The highest BCUT2D eigenvalue weighted by Crippen LogP contribution is 2.52. The summed E-state index contributed by atoms with van der Waals surface area (Å²) in [7, 11) is 1.58. The van der Waals surface area contributed by atoms with Crippen molar-refractivity contribution in [3.05, 3.63) is 83.9 Å². The summed E-state index contributed by atoms with van der Waals surface area (Å²) < 4.78 is 11.6. The molecule has 1 saturated carbocycles. The lowest BCUT2D eigenvalue weighted by molar-refractivity contribution is -0.140. The molecule has 4 atom stereocenters. The molecule has 6 rings (SSSR count). The highest BCUT2D eigenvalue weighted by atomic mass is 16.5. The van der Waals surface area contributed by atoms with Gasteiger partial charge in [-0.2, -0.15) is 10.1 Å². The first kappa shape index (κ1) is 20.7. The van der Waals surface area contributed by atoms with E-state index in [1.165, 1.54) is 11.6 Å². The van der Waals surface area contributed by atoms with Crippen LogP contribution >= 0.6 is 0 Å². The quantitative estimate of drug-likeness (QED) is 0.312. The lowest BCUT2D eigenvalue weighted by atomic mass is 9.85. The number of benzene rings is 3. The van der Waals surface area contributed by atoms with Crippen molar-refractivity contribution < 1.29 is 19.1 Å². The van der Waals surface area contributed by atoms with Gasteiger partial charge in [0.15, 0.2) is 11.5 Å². The van der Waals surface area contributed by atoms with Gasteiger partial charge in [-0.15, -0.1) is 0 Å². The first-order chi connectivity index (χ1) is 16.6. The number of carbonyl (C=O) groups is 2. The fourth-order valence-electron chi connectivity index (χ4n) is 5.58. The van der Waals surface area contributed by atoms with Gasteiger partial charge in [0.25, 0.3) is 11.8 Å². The summed E-state index contributed by atoms with van der Waals surface area (Å²) in [6.45, 7) is 0.404. The number of ether oxygens (including phenoxy) is 2. The van der Waals surface area contributed by atoms with E-state index in [1.54, 1.807) is 13.2 Å². The Morgan fingerprint density at radius 1 is 0.941 bits per heavy atom. The zero-order valence-corrected chi connectivity index (χ0v) is 18.8. The van der Waals surface area contributed by atoms with Gasteiger partial charge < -0.3 is 9.47 Å². The number of hydrogen-bond donors (Lipinski definition) is 0. The van der Waals surface area contributed by atoms with Gasteiger partial charge in [0.05, 0.1) is 25.2 Å². The van der Waals surface area contributed by atoms with Crippen molar-refractivity contribution in [2.75, 3.05) is 7.11 Å². The number of carbonyl (C=O) groups excluding carboxylic acids is 2. The molecule has 4 unspecified atom stereocenters. The van der Waals surface area contributed by atoms with Crippen LogP contribution in [-0.2, 0) is 16.2 Å². The van der Waals surface area contributed by atoms with Crippen molar-refractivity contribution in [1.29, 1.82) is 0 Å². The molecule has 2 bridgehead atoms. The standard InChI is InChI=1S/C28H24N2O4/c1-33-24-13-17(15-29-30-27(31)25-19-10-11-20(14-19)26(25)28(30)32)9-12-23(24)34-16-21-7-4-6-18-5-2-3-8-22(18)21/h2-13,15,19-20,25-26H,14,16H2,1H3. The largest absolute Gasteiger partial charge is 0.493 e. The summed E-state index contributed by atoms with van der Waals surface area (Å²) in [5.41, 5.74) is 1.80. The Hall–Kier alpha value is -3.93. The van der Waals surface area contributed by atoms with Gasteiger partial charge in [-0.3, -0.25) is 9.59 Å². The molecular formula is C28H24N2O4. The van der Waals surface area contributed by atoms with Crippen LogP contribution in [0.1, 0.15) is 17.5 Å². The lowest BCUT2D eigenvalue weighted by Crippen LogP contribution is -2.28. The van der Waals surface area contributed by atoms with Crippen molar-refractivity contribution in [3.63, 3.8) is 0 Å². The van der Waals surface area contributed by atoms with Crippen LogP contribution in [0, 0.1) is 23.7 Å². The van der Waals surface area contributed by atoms with Gasteiger partial charge in [-0.1, -0.05) is 54.6 Å². The molecule has 170 valence electrons. The fourth-order valence-corrected chi connectivity index (χ4v) is 5.58. The molecule has 6 heteroatoms.